The summed E-state index contributed by atoms with van der Waals surface area (Å²) in [6.07, 6.45) is 1.70. The molecule has 2 aromatic carbocycles. The molecule has 0 aliphatic carbocycles. The Kier molecular flexibility index (Phi) is 3.81. The Morgan fingerprint density at radius 3 is 2.17 bits per heavy atom. The van der Waals surface area contributed by atoms with Crippen LogP contribution < -0.4 is 5.73 Å². The SMILES string of the molecule is Cc1ccc(-c2cc(-c3ccc(C(=O)O)cc3)cnc2N)cc1. The molecule has 0 fully saturated rings. The topological polar surface area (TPSA) is 76.2 Å². The average Bonchev–Trinajstić information content (AvgIpc) is 2.56. The highest BCUT2D eigenvalue weighted by Gasteiger charge is 2.08. The molecule has 0 atom stereocenters. The van der Waals surface area contributed by atoms with Gasteiger partial charge in [0.15, 0.2) is 0 Å². The largest absolute Gasteiger partial charge is 0.478 e. The van der Waals surface area contributed by atoms with Gasteiger partial charge in [0.2, 0.25) is 0 Å². The van der Waals surface area contributed by atoms with Gasteiger partial charge in [0.1, 0.15) is 5.82 Å². The van der Waals surface area contributed by atoms with Crippen molar-refractivity contribution >= 4 is 11.8 Å². The number of benzene rings is 2. The van der Waals surface area contributed by atoms with Crippen LogP contribution >= 0.6 is 0 Å². The number of rotatable bonds is 3. The number of hydrogen-bond acceptors (Lipinski definition) is 3. The summed E-state index contributed by atoms with van der Waals surface area (Å²) in [5, 5.41) is 8.97. The monoisotopic (exact) mass is 304 g/mol. The van der Waals surface area contributed by atoms with Crippen molar-refractivity contribution in [1.29, 1.82) is 0 Å². The van der Waals surface area contributed by atoms with E-state index in [2.05, 4.69) is 4.98 Å². The molecule has 0 saturated carbocycles. The molecular formula is C19H16N2O2. The Labute approximate surface area is 134 Å². The van der Waals surface area contributed by atoms with Crippen LogP contribution in [-0.4, -0.2) is 16.1 Å². The maximum absolute atomic E-state index is 10.9. The van der Waals surface area contributed by atoms with Crippen LogP contribution in [0.3, 0.4) is 0 Å². The van der Waals surface area contributed by atoms with Gasteiger partial charge in [-0.3, -0.25) is 0 Å². The van der Waals surface area contributed by atoms with Crippen LogP contribution in [0.15, 0.2) is 60.8 Å². The molecule has 23 heavy (non-hydrogen) atoms. The van der Waals surface area contributed by atoms with Crippen LogP contribution in [0, 0.1) is 6.92 Å². The van der Waals surface area contributed by atoms with Gasteiger partial charge >= 0.3 is 5.97 Å². The molecule has 3 N–H and O–H groups in total. The van der Waals surface area contributed by atoms with Gasteiger partial charge < -0.3 is 10.8 Å². The highest BCUT2D eigenvalue weighted by atomic mass is 16.4. The first-order valence-corrected chi connectivity index (χ1v) is 7.21. The molecule has 3 aromatic rings. The van der Waals surface area contributed by atoms with Gasteiger partial charge in [-0.25, -0.2) is 9.78 Å². The molecule has 0 radical (unpaired) electrons. The second-order valence-electron chi connectivity index (χ2n) is 5.41. The number of aromatic carboxylic acids is 1. The van der Waals surface area contributed by atoms with Crippen LogP contribution in [0.2, 0.25) is 0 Å². The Morgan fingerprint density at radius 1 is 0.957 bits per heavy atom. The van der Waals surface area contributed by atoms with Crippen LogP contribution in [0.1, 0.15) is 15.9 Å². The fraction of sp³-hybridized carbons (Fsp3) is 0.0526. The lowest BCUT2D eigenvalue weighted by Crippen LogP contribution is -1.96. The summed E-state index contributed by atoms with van der Waals surface area (Å²) >= 11 is 0. The number of hydrogen-bond donors (Lipinski definition) is 2. The average molecular weight is 304 g/mol. The quantitative estimate of drug-likeness (QED) is 0.766. The van der Waals surface area contributed by atoms with Crippen LogP contribution in [0.25, 0.3) is 22.3 Å². The van der Waals surface area contributed by atoms with E-state index in [0.717, 1.165) is 22.3 Å². The summed E-state index contributed by atoms with van der Waals surface area (Å²) in [5.74, 6) is -0.466. The maximum atomic E-state index is 10.9. The lowest BCUT2D eigenvalue weighted by molar-refractivity contribution is 0.0697. The molecule has 0 saturated heterocycles. The van der Waals surface area contributed by atoms with Gasteiger partial charge in [0.25, 0.3) is 0 Å². The third-order valence-electron chi connectivity index (χ3n) is 3.75. The first-order chi connectivity index (χ1) is 11.0. The normalized spacial score (nSPS) is 10.5. The van der Waals surface area contributed by atoms with E-state index in [1.54, 1.807) is 30.5 Å². The van der Waals surface area contributed by atoms with E-state index in [0.29, 0.717) is 5.82 Å². The molecule has 0 amide bonds. The van der Waals surface area contributed by atoms with Gasteiger partial charge in [0.05, 0.1) is 5.56 Å². The molecule has 0 aliphatic rings. The van der Waals surface area contributed by atoms with Crippen molar-refractivity contribution in [3.05, 3.63) is 71.9 Å². The minimum atomic E-state index is -0.938. The fourth-order valence-corrected chi connectivity index (χ4v) is 2.40. The van der Waals surface area contributed by atoms with Gasteiger partial charge in [-0.05, 0) is 36.2 Å². The first-order valence-electron chi connectivity index (χ1n) is 7.21. The van der Waals surface area contributed by atoms with Gasteiger partial charge in [-0.2, -0.15) is 0 Å². The van der Waals surface area contributed by atoms with Gasteiger partial charge in [-0.15, -0.1) is 0 Å². The van der Waals surface area contributed by atoms with E-state index in [9.17, 15) is 4.79 Å². The molecule has 4 heteroatoms. The van der Waals surface area contributed by atoms with Crippen molar-refractivity contribution in [2.45, 2.75) is 6.92 Å². The third-order valence-corrected chi connectivity index (χ3v) is 3.75. The number of pyridine rings is 1. The fourth-order valence-electron chi connectivity index (χ4n) is 2.40. The van der Waals surface area contributed by atoms with Crippen molar-refractivity contribution in [3.8, 4) is 22.3 Å². The number of nitrogens with two attached hydrogens (primary N) is 1. The van der Waals surface area contributed by atoms with Crippen molar-refractivity contribution < 1.29 is 9.90 Å². The van der Waals surface area contributed by atoms with E-state index in [-0.39, 0.29) is 5.56 Å². The molecule has 1 heterocycles. The minimum Gasteiger partial charge on any atom is -0.478 e. The third kappa shape index (κ3) is 3.06. The summed E-state index contributed by atoms with van der Waals surface area (Å²) in [7, 11) is 0. The zero-order chi connectivity index (χ0) is 16.4. The number of carboxylic acids is 1. The standard InChI is InChI=1S/C19H16N2O2/c1-12-2-4-14(5-3-12)17-10-16(11-21-18(17)20)13-6-8-15(9-7-13)19(22)23/h2-11H,1H3,(H2,20,21)(H,22,23). The van der Waals surface area contributed by atoms with Crippen LogP contribution in [0.5, 0.6) is 0 Å². The smallest absolute Gasteiger partial charge is 0.335 e. The van der Waals surface area contributed by atoms with Crippen molar-refractivity contribution in [2.75, 3.05) is 5.73 Å². The number of anilines is 1. The minimum absolute atomic E-state index is 0.260. The first kappa shape index (κ1) is 14.8. The summed E-state index contributed by atoms with van der Waals surface area (Å²) in [6, 6.07) is 16.8. The molecule has 0 aliphatic heterocycles. The summed E-state index contributed by atoms with van der Waals surface area (Å²) in [5.41, 5.74) is 11.1. The predicted octanol–water partition coefficient (Wildman–Crippen LogP) is 4.00. The lowest BCUT2D eigenvalue weighted by Gasteiger charge is -2.09. The zero-order valence-corrected chi connectivity index (χ0v) is 12.7. The molecule has 114 valence electrons. The Balaban J connectivity index is 2.03. The Morgan fingerprint density at radius 2 is 1.57 bits per heavy atom. The molecule has 4 nitrogen and oxygen atoms in total. The highest BCUT2D eigenvalue weighted by molar-refractivity contribution is 5.88. The van der Waals surface area contributed by atoms with Crippen molar-refractivity contribution in [1.82, 2.24) is 4.98 Å². The number of aromatic nitrogens is 1. The van der Waals surface area contributed by atoms with Crippen molar-refractivity contribution in [2.24, 2.45) is 0 Å². The lowest BCUT2D eigenvalue weighted by atomic mass is 10.00. The van der Waals surface area contributed by atoms with E-state index in [1.807, 2.05) is 37.3 Å². The van der Waals surface area contributed by atoms with E-state index in [4.69, 9.17) is 10.8 Å². The highest BCUT2D eigenvalue weighted by Crippen LogP contribution is 2.29. The predicted molar refractivity (Wildman–Crippen MR) is 91.2 cm³/mol. The second-order valence-corrected chi connectivity index (χ2v) is 5.41. The zero-order valence-electron chi connectivity index (χ0n) is 12.7. The van der Waals surface area contributed by atoms with Crippen molar-refractivity contribution in [3.63, 3.8) is 0 Å². The molecule has 0 bridgehead atoms. The number of nitrogens with zero attached hydrogens (tertiary/aromatic N) is 1. The number of carboxylic acid groups (broad SMARTS) is 1. The molecule has 1 aromatic heterocycles. The molecule has 0 unspecified atom stereocenters. The molecule has 0 spiro atoms. The Bertz CT molecular complexity index is 854. The number of aryl methyl sites for hydroxylation is 1. The Hall–Kier alpha value is -3.14. The summed E-state index contributed by atoms with van der Waals surface area (Å²) < 4.78 is 0. The van der Waals surface area contributed by atoms with Gasteiger partial charge in [-0.1, -0.05) is 42.0 Å². The van der Waals surface area contributed by atoms with E-state index < -0.39 is 5.97 Å². The maximum Gasteiger partial charge on any atom is 0.335 e. The van der Waals surface area contributed by atoms with E-state index >= 15 is 0 Å². The number of nitrogen functional groups attached to an aromatic ring is 1. The van der Waals surface area contributed by atoms with Gasteiger partial charge in [0, 0.05) is 17.3 Å². The summed E-state index contributed by atoms with van der Waals surface area (Å²) in [6.45, 7) is 2.03. The molecular weight excluding hydrogens is 288 g/mol. The second kappa shape index (κ2) is 5.93. The van der Waals surface area contributed by atoms with Crippen LogP contribution in [-0.2, 0) is 0 Å². The molecule has 3 rings (SSSR count). The van der Waals surface area contributed by atoms with Crippen LogP contribution in [0.4, 0.5) is 5.82 Å². The summed E-state index contributed by atoms with van der Waals surface area (Å²) in [4.78, 5) is 15.2. The number of carbonyl (C=O) groups is 1. The van der Waals surface area contributed by atoms with E-state index in [1.165, 1.54) is 5.56 Å².